The number of nitrogens with zero attached hydrogens (tertiary/aromatic N) is 1. The fourth-order valence-corrected chi connectivity index (χ4v) is 5.69. The number of carbonyl (C=O) groups excluding carboxylic acids is 1. The van der Waals surface area contributed by atoms with E-state index in [-0.39, 0.29) is 17.9 Å². The highest BCUT2D eigenvalue weighted by atomic mass is 35.5. The van der Waals surface area contributed by atoms with Crippen molar-refractivity contribution >= 4 is 38.9 Å². The van der Waals surface area contributed by atoms with Gasteiger partial charge in [0.05, 0.1) is 11.1 Å². The van der Waals surface area contributed by atoms with Gasteiger partial charge in [-0.25, -0.2) is 0 Å². The second-order valence-electron chi connectivity index (χ2n) is 7.02. The molecule has 1 N–H and O–H groups in total. The number of fused-ring (bicyclic) bond motifs is 1. The van der Waals surface area contributed by atoms with E-state index in [1.807, 2.05) is 18.2 Å². The molecule has 1 saturated heterocycles. The van der Waals surface area contributed by atoms with Crippen LogP contribution in [-0.4, -0.2) is 34.6 Å². The smallest absolute Gasteiger partial charge is 0.226 e. The minimum absolute atomic E-state index is 0.0578. The number of carbonyl (C=O) groups is 1. The average Bonchev–Trinajstić information content (AvgIpc) is 3.11. The molecule has 0 spiro atoms. The summed E-state index contributed by atoms with van der Waals surface area (Å²) in [5.41, 5.74) is 0. The molecule has 1 aromatic carbocycles. The van der Waals surface area contributed by atoms with Gasteiger partial charge in [0.25, 0.3) is 0 Å². The van der Waals surface area contributed by atoms with Gasteiger partial charge in [0, 0.05) is 33.5 Å². The monoisotopic (exact) mass is 363 g/mol. The molecule has 1 aromatic heterocycles. The third-order valence-electron chi connectivity index (χ3n) is 5.49. The molecule has 2 aliphatic rings. The Hall–Kier alpha value is -1.10. The van der Waals surface area contributed by atoms with Gasteiger partial charge in [0.2, 0.25) is 5.91 Å². The highest BCUT2D eigenvalue weighted by Gasteiger charge is 2.37. The Labute approximate surface area is 151 Å². The average molecular weight is 364 g/mol. The molecule has 2 aromatic rings. The lowest BCUT2D eigenvalue weighted by Gasteiger charge is -2.33. The van der Waals surface area contributed by atoms with Crippen LogP contribution in [-0.2, 0) is 11.2 Å². The number of rotatable bonds is 3. The quantitative estimate of drug-likeness (QED) is 0.885. The number of hydrogen-bond donors (Lipinski definition) is 1. The Morgan fingerprint density at radius 1 is 1.17 bits per heavy atom. The SMILES string of the molecule is O=C1C(Cc2sc3ccccc3c2Cl)CCN1[C@H]1CC[C@@H](O)CC1. The zero-order chi connectivity index (χ0) is 16.7. The standard InChI is InChI=1S/C19H22ClNO2S/c20-18-15-3-1-2-4-16(15)24-17(18)11-12-9-10-21(19(12)23)13-5-7-14(22)8-6-13/h1-4,12-14,22H,5-11H2/t12?,13-,14+. The zero-order valence-electron chi connectivity index (χ0n) is 13.6. The van der Waals surface area contributed by atoms with Crippen LogP contribution in [0, 0.1) is 5.92 Å². The maximum absolute atomic E-state index is 12.8. The summed E-state index contributed by atoms with van der Waals surface area (Å²) in [7, 11) is 0. The van der Waals surface area contributed by atoms with Gasteiger partial charge in [-0.1, -0.05) is 29.8 Å². The highest BCUT2D eigenvalue weighted by Crippen LogP contribution is 2.38. The molecule has 0 bridgehead atoms. The van der Waals surface area contributed by atoms with Crippen molar-refractivity contribution in [2.75, 3.05) is 6.54 Å². The number of aliphatic hydroxyl groups is 1. The number of amides is 1. The fourth-order valence-electron chi connectivity index (χ4n) is 4.10. The van der Waals surface area contributed by atoms with E-state index >= 15 is 0 Å². The van der Waals surface area contributed by atoms with Crippen LogP contribution in [0.5, 0.6) is 0 Å². The molecule has 4 rings (SSSR count). The van der Waals surface area contributed by atoms with Gasteiger partial charge in [0.15, 0.2) is 0 Å². The normalized spacial score (nSPS) is 28.0. The number of halogens is 1. The molecule has 2 fully saturated rings. The molecule has 1 aliphatic carbocycles. The summed E-state index contributed by atoms with van der Waals surface area (Å²) in [5.74, 6) is 0.340. The number of aliphatic hydroxyl groups excluding tert-OH is 1. The summed E-state index contributed by atoms with van der Waals surface area (Å²) in [6.45, 7) is 0.854. The van der Waals surface area contributed by atoms with Crippen LogP contribution in [0.4, 0.5) is 0 Å². The van der Waals surface area contributed by atoms with Crippen LogP contribution >= 0.6 is 22.9 Å². The van der Waals surface area contributed by atoms with E-state index in [0.717, 1.165) is 60.4 Å². The second kappa shape index (κ2) is 6.66. The van der Waals surface area contributed by atoms with Crippen molar-refractivity contribution in [3.05, 3.63) is 34.2 Å². The molecule has 3 nitrogen and oxygen atoms in total. The topological polar surface area (TPSA) is 40.5 Å². The zero-order valence-corrected chi connectivity index (χ0v) is 15.2. The maximum atomic E-state index is 12.8. The summed E-state index contributed by atoms with van der Waals surface area (Å²) in [5, 5.41) is 11.6. The van der Waals surface area contributed by atoms with Gasteiger partial charge in [-0.05, 0) is 44.6 Å². The molecule has 24 heavy (non-hydrogen) atoms. The van der Waals surface area contributed by atoms with Gasteiger partial charge in [-0.2, -0.15) is 0 Å². The van der Waals surface area contributed by atoms with Crippen LogP contribution in [0.15, 0.2) is 24.3 Å². The summed E-state index contributed by atoms with van der Waals surface area (Å²) in [4.78, 5) is 16.0. The van der Waals surface area contributed by atoms with Crippen molar-refractivity contribution in [1.82, 2.24) is 4.90 Å². The Balaban J connectivity index is 1.47. The summed E-state index contributed by atoms with van der Waals surface area (Å²) < 4.78 is 1.20. The van der Waals surface area contributed by atoms with Crippen LogP contribution in [0.25, 0.3) is 10.1 Å². The molecule has 1 saturated carbocycles. The van der Waals surface area contributed by atoms with E-state index in [0.29, 0.717) is 6.04 Å². The van der Waals surface area contributed by atoms with E-state index < -0.39 is 0 Å². The Kier molecular flexibility index (Phi) is 4.54. The molecule has 0 radical (unpaired) electrons. The predicted molar refractivity (Wildman–Crippen MR) is 98.6 cm³/mol. The van der Waals surface area contributed by atoms with Crippen LogP contribution in [0.3, 0.4) is 0 Å². The molecule has 5 heteroatoms. The first-order chi connectivity index (χ1) is 11.6. The molecular weight excluding hydrogens is 342 g/mol. The summed E-state index contributed by atoms with van der Waals surface area (Å²) >= 11 is 8.26. The molecular formula is C19H22ClNO2S. The lowest BCUT2D eigenvalue weighted by atomic mass is 9.92. The molecule has 1 atom stereocenters. The van der Waals surface area contributed by atoms with Crippen molar-refractivity contribution < 1.29 is 9.90 Å². The van der Waals surface area contributed by atoms with Crippen molar-refractivity contribution in [3.8, 4) is 0 Å². The van der Waals surface area contributed by atoms with Crippen molar-refractivity contribution in [2.24, 2.45) is 5.92 Å². The molecule has 2 heterocycles. The van der Waals surface area contributed by atoms with Gasteiger partial charge in [-0.3, -0.25) is 4.79 Å². The third kappa shape index (κ3) is 2.96. The summed E-state index contributed by atoms with van der Waals surface area (Å²) in [6, 6.07) is 8.49. The van der Waals surface area contributed by atoms with Crippen molar-refractivity contribution in [1.29, 1.82) is 0 Å². The number of benzene rings is 1. The van der Waals surface area contributed by atoms with E-state index in [1.54, 1.807) is 11.3 Å². The molecule has 1 aliphatic heterocycles. The second-order valence-corrected chi connectivity index (χ2v) is 8.53. The molecule has 1 unspecified atom stereocenters. The largest absolute Gasteiger partial charge is 0.393 e. The Bertz CT molecular complexity index is 751. The van der Waals surface area contributed by atoms with Crippen LogP contribution in [0.1, 0.15) is 37.0 Å². The lowest BCUT2D eigenvalue weighted by Crippen LogP contribution is -2.41. The third-order valence-corrected chi connectivity index (χ3v) is 7.23. The van der Waals surface area contributed by atoms with E-state index in [2.05, 4.69) is 11.0 Å². The van der Waals surface area contributed by atoms with E-state index in [4.69, 9.17) is 11.6 Å². The maximum Gasteiger partial charge on any atom is 0.226 e. The first-order valence-electron chi connectivity index (χ1n) is 8.78. The first kappa shape index (κ1) is 16.4. The Morgan fingerprint density at radius 3 is 2.67 bits per heavy atom. The Morgan fingerprint density at radius 2 is 1.92 bits per heavy atom. The van der Waals surface area contributed by atoms with Gasteiger partial charge in [0.1, 0.15) is 0 Å². The number of likely N-dealkylation sites (tertiary alicyclic amines) is 1. The summed E-state index contributed by atoms with van der Waals surface area (Å²) in [6.07, 6.45) is 5.01. The van der Waals surface area contributed by atoms with Crippen LogP contribution in [0.2, 0.25) is 5.02 Å². The van der Waals surface area contributed by atoms with Crippen LogP contribution < -0.4 is 0 Å². The predicted octanol–water partition coefficient (Wildman–Crippen LogP) is 4.25. The van der Waals surface area contributed by atoms with Gasteiger partial charge >= 0.3 is 0 Å². The minimum atomic E-state index is -0.174. The number of thiophene rings is 1. The lowest BCUT2D eigenvalue weighted by molar-refractivity contribution is -0.133. The first-order valence-corrected chi connectivity index (χ1v) is 9.97. The number of hydrogen-bond acceptors (Lipinski definition) is 3. The van der Waals surface area contributed by atoms with E-state index in [9.17, 15) is 9.90 Å². The highest BCUT2D eigenvalue weighted by molar-refractivity contribution is 7.19. The molecule has 1 amide bonds. The minimum Gasteiger partial charge on any atom is -0.393 e. The van der Waals surface area contributed by atoms with Crippen molar-refractivity contribution in [2.45, 2.75) is 50.7 Å². The van der Waals surface area contributed by atoms with E-state index in [1.165, 1.54) is 4.70 Å². The fraction of sp³-hybridized carbons (Fsp3) is 0.526. The van der Waals surface area contributed by atoms with Crippen molar-refractivity contribution in [3.63, 3.8) is 0 Å². The van der Waals surface area contributed by atoms with Gasteiger partial charge in [-0.15, -0.1) is 11.3 Å². The van der Waals surface area contributed by atoms with Gasteiger partial charge < -0.3 is 10.0 Å². The molecule has 128 valence electrons.